The molecule has 0 radical (unpaired) electrons. The van der Waals surface area contributed by atoms with E-state index in [1.165, 1.54) is 0 Å². The van der Waals surface area contributed by atoms with Crippen LogP contribution in [0.5, 0.6) is 0 Å². The Morgan fingerprint density at radius 2 is 0.923 bits per heavy atom. The number of Topliss-reactive ketones (excluding diaryl/α,β-unsaturated/α-hetero) is 1. The zero-order chi connectivity index (χ0) is 21.6. The molecular formula is C9F16O. The minimum atomic E-state index is -8.36. The van der Waals surface area contributed by atoms with Gasteiger partial charge in [0, 0.05) is 0 Å². The summed E-state index contributed by atoms with van der Waals surface area (Å²) < 4.78 is 204. The van der Waals surface area contributed by atoms with Crippen LogP contribution in [0.1, 0.15) is 0 Å². The minimum Gasteiger partial charge on any atom is -0.288 e. The van der Waals surface area contributed by atoms with Crippen molar-refractivity contribution in [3.8, 4) is 0 Å². The highest BCUT2D eigenvalue weighted by atomic mass is 19.4. The number of halogens is 16. The normalized spacial score (nSPS) is 29.2. The second kappa shape index (κ2) is 4.88. The van der Waals surface area contributed by atoms with Gasteiger partial charge in [-0.05, 0) is 0 Å². The number of carbonyl (C=O) groups excluding carboxylic acids is 1. The molecule has 1 atom stereocenters. The van der Waals surface area contributed by atoms with Crippen molar-refractivity contribution in [1.29, 1.82) is 0 Å². The maximum atomic E-state index is 13.7. The monoisotopic (exact) mass is 428 g/mol. The number of hydrogen-bond donors (Lipinski definition) is 0. The van der Waals surface area contributed by atoms with Crippen molar-refractivity contribution in [2.45, 2.75) is 47.4 Å². The van der Waals surface area contributed by atoms with E-state index in [0.717, 1.165) is 0 Å². The summed E-state index contributed by atoms with van der Waals surface area (Å²) in [6.45, 7) is 0. The molecule has 0 spiro atoms. The maximum absolute atomic E-state index is 13.7. The summed E-state index contributed by atoms with van der Waals surface area (Å²) in [6.07, 6.45) is -7.71. The summed E-state index contributed by atoms with van der Waals surface area (Å²) in [7, 11) is 0. The predicted octanol–water partition coefficient (Wildman–Crippen LogP) is 4.65. The molecule has 1 fully saturated rings. The second-order valence-corrected chi connectivity index (χ2v) is 4.93. The first-order valence-electron chi connectivity index (χ1n) is 5.48. The zero-order valence-corrected chi connectivity index (χ0v) is 11.0. The van der Waals surface area contributed by atoms with Crippen molar-refractivity contribution in [1.82, 2.24) is 0 Å². The number of rotatable bonds is 3. The molecule has 17 heteroatoms. The molecule has 0 N–H and O–H groups in total. The van der Waals surface area contributed by atoms with Gasteiger partial charge in [0.15, 0.2) is 0 Å². The molecule has 0 bridgehead atoms. The van der Waals surface area contributed by atoms with Gasteiger partial charge in [0.1, 0.15) is 0 Å². The first-order chi connectivity index (χ1) is 10.9. The van der Waals surface area contributed by atoms with Gasteiger partial charge in [-0.2, -0.15) is 65.9 Å². The third kappa shape index (κ3) is 1.94. The Labute approximate surface area is 129 Å². The van der Waals surface area contributed by atoms with Gasteiger partial charge < -0.3 is 0 Å². The van der Waals surface area contributed by atoms with E-state index in [0.29, 0.717) is 0 Å². The second-order valence-electron chi connectivity index (χ2n) is 4.93. The minimum absolute atomic E-state index is 5.00. The van der Waals surface area contributed by atoms with E-state index in [9.17, 15) is 75.0 Å². The highest BCUT2D eigenvalue weighted by molar-refractivity contribution is 6.00. The Morgan fingerprint density at radius 1 is 0.577 bits per heavy atom. The molecule has 0 aromatic carbocycles. The molecule has 1 rings (SSSR count). The molecular weight excluding hydrogens is 428 g/mol. The molecule has 0 aromatic heterocycles. The molecule has 0 heterocycles. The van der Waals surface area contributed by atoms with E-state index >= 15 is 0 Å². The molecule has 1 aliphatic rings. The number of hydrogen-bond acceptors (Lipinski definition) is 1. The lowest BCUT2D eigenvalue weighted by Gasteiger charge is -2.40. The number of alkyl halides is 16. The highest BCUT2D eigenvalue weighted by Crippen LogP contribution is 2.68. The molecule has 0 saturated heterocycles. The van der Waals surface area contributed by atoms with Crippen molar-refractivity contribution >= 4 is 5.78 Å². The zero-order valence-electron chi connectivity index (χ0n) is 11.0. The van der Waals surface area contributed by atoms with Crippen LogP contribution in [-0.4, -0.2) is 53.2 Å². The summed E-state index contributed by atoms with van der Waals surface area (Å²) >= 11 is 0. The van der Waals surface area contributed by atoms with Gasteiger partial charge in [-0.1, -0.05) is 0 Å². The molecule has 154 valence electrons. The van der Waals surface area contributed by atoms with Gasteiger partial charge in [0.2, 0.25) is 0 Å². The Morgan fingerprint density at radius 3 is 1.15 bits per heavy atom. The lowest BCUT2D eigenvalue weighted by Crippen LogP contribution is -2.73. The topological polar surface area (TPSA) is 17.1 Å². The fourth-order valence-corrected chi connectivity index (χ4v) is 1.85. The lowest BCUT2D eigenvalue weighted by molar-refractivity contribution is -0.422. The van der Waals surface area contributed by atoms with Crippen LogP contribution < -0.4 is 0 Å². The fraction of sp³-hybridized carbons (Fsp3) is 0.889. The van der Waals surface area contributed by atoms with Crippen molar-refractivity contribution < 1.29 is 75.0 Å². The van der Waals surface area contributed by atoms with Crippen LogP contribution in [0.15, 0.2) is 0 Å². The SMILES string of the molecule is O=C1C(F)(F)C(F)(F)C(F)(F)C1(F)C(F)(F)C(F)(F)C(F)(F)C(F)(F)F. The average molecular weight is 428 g/mol. The Balaban J connectivity index is 3.84. The van der Waals surface area contributed by atoms with E-state index in [1.807, 2.05) is 0 Å². The number of ketones is 1. The van der Waals surface area contributed by atoms with Gasteiger partial charge in [-0.15, -0.1) is 0 Å². The van der Waals surface area contributed by atoms with Crippen LogP contribution in [0.3, 0.4) is 0 Å². The number of carbonyl (C=O) groups is 1. The highest BCUT2D eigenvalue weighted by Gasteiger charge is 3.02. The molecule has 0 aromatic rings. The van der Waals surface area contributed by atoms with Gasteiger partial charge in [-0.25, -0.2) is 4.39 Å². The third-order valence-corrected chi connectivity index (χ3v) is 3.40. The van der Waals surface area contributed by atoms with Gasteiger partial charge in [-0.3, -0.25) is 4.79 Å². The Bertz CT molecular complexity index is 614. The van der Waals surface area contributed by atoms with Gasteiger partial charge in [0.25, 0.3) is 5.78 Å². The smallest absolute Gasteiger partial charge is 0.288 e. The van der Waals surface area contributed by atoms with Crippen molar-refractivity contribution in [3.05, 3.63) is 0 Å². The van der Waals surface area contributed by atoms with Crippen molar-refractivity contribution in [3.63, 3.8) is 0 Å². The van der Waals surface area contributed by atoms with Crippen LogP contribution in [0.2, 0.25) is 0 Å². The third-order valence-electron chi connectivity index (χ3n) is 3.40. The van der Waals surface area contributed by atoms with Crippen LogP contribution >= 0.6 is 0 Å². The molecule has 1 saturated carbocycles. The molecule has 26 heavy (non-hydrogen) atoms. The van der Waals surface area contributed by atoms with Crippen molar-refractivity contribution in [2.24, 2.45) is 0 Å². The van der Waals surface area contributed by atoms with Gasteiger partial charge in [0.05, 0.1) is 0 Å². The van der Waals surface area contributed by atoms with E-state index in [1.54, 1.807) is 0 Å². The summed E-state index contributed by atoms with van der Waals surface area (Å²) in [6, 6.07) is 0. The van der Waals surface area contributed by atoms with Crippen LogP contribution in [0, 0.1) is 0 Å². The van der Waals surface area contributed by atoms with Crippen LogP contribution in [0.4, 0.5) is 70.2 Å². The predicted molar refractivity (Wildman–Crippen MR) is 44.6 cm³/mol. The van der Waals surface area contributed by atoms with Crippen LogP contribution in [-0.2, 0) is 4.79 Å². The van der Waals surface area contributed by atoms with E-state index < -0.39 is 53.2 Å². The van der Waals surface area contributed by atoms with Crippen molar-refractivity contribution in [2.75, 3.05) is 0 Å². The van der Waals surface area contributed by atoms with E-state index in [4.69, 9.17) is 0 Å². The van der Waals surface area contributed by atoms with Crippen LogP contribution in [0.25, 0.3) is 0 Å². The largest absolute Gasteiger partial charge is 0.460 e. The summed E-state index contributed by atoms with van der Waals surface area (Å²) in [5, 5.41) is 0. The summed E-state index contributed by atoms with van der Waals surface area (Å²) in [5.41, 5.74) is -7.81. The standard InChI is InChI=1S/C9F16O/c10-2(1(26)3(11,12)6(17,18)4(2,13)14)5(15,16)7(19,20)8(21,22)9(23,24)25. The Hall–Kier alpha value is -1.45. The maximum Gasteiger partial charge on any atom is 0.460 e. The van der Waals surface area contributed by atoms with E-state index in [2.05, 4.69) is 0 Å². The summed E-state index contributed by atoms with van der Waals surface area (Å²) in [5.74, 6) is -52.2. The molecule has 1 nitrogen and oxygen atoms in total. The first kappa shape index (κ1) is 22.6. The molecule has 0 amide bonds. The molecule has 1 aliphatic carbocycles. The van der Waals surface area contributed by atoms with Gasteiger partial charge >= 0.3 is 47.4 Å². The molecule has 1 unspecified atom stereocenters. The summed E-state index contributed by atoms with van der Waals surface area (Å²) in [4.78, 5) is 10.6. The first-order valence-corrected chi connectivity index (χ1v) is 5.48. The fourth-order valence-electron chi connectivity index (χ4n) is 1.85. The molecule has 0 aliphatic heterocycles. The average Bonchev–Trinajstić information content (AvgIpc) is 2.48. The quantitative estimate of drug-likeness (QED) is 0.599. The lowest BCUT2D eigenvalue weighted by atomic mass is 9.84. The Kier molecular flexibility index (Phi) is 4.24. The van der Waals surface area contributed by atoms with E-state index in [-0.39, 0.29) is 0 Å².